The van der Waals surface area contributed by atoms with Crippen molar-refractivity contribution in [1.82, 2.24) is 0 Å². The minimum atomic E-state index is -0.235. The molecule has 0 atom stereocenters. The van der Waals surface area contributed by atoms with E-state index in [9.17, 15) is 4.79 Å². The molecule has 2 heterocycles. The minimum absolute atomic E-state index is 0.0790. The lowest BCUT2D eigenvalue weighted by Crippen LogP contribution is -2.12. The molecule has 0 saturated carbocycles. The summed E-state index contributed by atoms with van der Waals surface area (Å²) in [5.74, 6) is 1.50. The molecule has 27 heavy (non-hydrogen) atoms. The smallest absolute Gasteiger partial charge is 0.231 e. The van der Waals surface area contributed by atoms with E-state index in [-0.39, 0.29) is 24.9 Å². The van der Waals surface area contributed by atoms with Crippen LogP contribution in [0.3, 0.4) is 0 Å². The molecular formula is C20H14ClNO5. The second-order valence-electron chi connectivity index (χ2n) is 6.05. The normalized spacial score (nSPS) is 16.2. The van der Waals surface area contributed by atoms with Gasteiger partial charge in [-0.2, -0.15) is 5.26 Å². The van der Waals surface area contributed by atoms with Crippen LogP contribution in [-0.2, 0) is 11.3 Å². The fourth-order valence-electron chi connectivity index (χ4n) is 3.09. The highest BCUT2D eigenvalue weighted by Crippen LogP contribution is 2.40. The monoisotopic (exact) mass is 383 g/mol. The van der Waals surface area contributed by atoms with E-state index in [1.807, 2.05) is 6.07 Å². The second kappa shape index (κ2) is 6.95. The molecule has 4 rings (SSSR count). The van der Waals surface area contributed by atoms with Crippen molar-refractivity contribution in [3.8, 4) is 23.3 Å². The molecule has 0 bridgehead atoms. The number of nitrogens with zero attached hydrogens (tertiary/aromatic N) is 1. The quantitative estimate of drug-likeness (QED) is 0.744. The zero-order valence-electron chi connectivity index (χ0n) is 14.4. The lowest BCUT2D eigenvalue weighted by atomic mass is 10.0. The first-order valence-electron chi connectivity index (χ1n) is 8.19. The molecule has 2 aliphatic rings. The summed E-state index contributed by atoms with van der Waals surface area (Å²) in [6.07, 6.45) is 1.62. The molecule has 6 nitrogen and oxygen atoms in total. The average Bonchev–Trinajstić information content (AvgIpc) is 2.98. The van der Waals surface area contributed by atoms with Crippen LogP contribution >= 0.6 is 11.6 Å². The molecule has 0 radical (unpaired) electrons. The van der Waals surface area contributed by atoms with Crippen LogP contribution in [0.1, 0.15) is 27.0 Å². The van der Waals surface area contributed by atoms with Gasteiger partial charge >= 0.3 is 0 Å². The first-order chi connectivity index (χ1) is 13.1. The van der Waals surface area contributed by atoms with E-state index in [2.05, 4.69) is 0 Å². The maximum Gasteiger partial charge on any atom is 0.231 e. The molecule has 7 heteroatoms. The summed E-state index contributed by atoms with van der Waals surface area (Å²) in [6, 6.07) is 8.70. The number of halogens is 1. The van der Waals surface area contributed by atoms with E-state index < -0.39 is 0 Å². The first kappa shape index (κ1) is 17.4. The predicted octanol–water partition coefficient (Wildman–Crippen LogP) is 4.03. The van der Waals surface area contributed by atoms with E-state index in [1.165, 1.54) is 0 Å². The van der Waals surface area contributed by atoms with Crippen LogP contribution < -0.4 is 14.2 Å². The van der Waals surface area contributed by atoms with Gasteiger partial charge in [0.2, 0.25) is 5.78 Å². The van der Waals surface area contributed by atoms with E-state index in [4.69, 9.17) is 35.8 Å². The SMILES string of the molecule is Cc1c(OCC#N)ccc2c1O/C(=C\c1cc(Cl)cc3c1OCOC3)C2=O. The molecule has 0 saturated heterocycles. The number of carbonyl (C=O) groups excluding carboxylic acids is 1. The van der Waals surface area contributed by atoms with Gasteiger partial charge in [0.05, 0.1) is 12.2 Å². The van der Waals surface area contributed by atoms with Crippen molar-refractivity contribution in [3.05, 3.63) is 57.3 Å². The van der Waals surface area contributed by atoms with Crippen LogP contribution in [-0.4, -0.2) is 19.2 Å². The number of nitriles is 1. The van der Waals surface area contributed by atoms with Crippen molar-refractivity contribution in [1.29, 1.82) is 5.26 Å². The predicted molar refractivity (Wildman–Crippen MR) is 97.0 cm³/mol. The summed E-state index contributed by atoms with van der Waals surface area (Å²) >= 11 is 6.18. The number of Topliss-reactive ketones (excluding diaryl/α,β-unsaturated/α-hetero) is 1. The van der Waals surface area contributed by atoms with Gasteiger partial charge in [-0.1, -0.05) is 11.6 Å². The third kappa shape index (κ3) is 3.12. The Morgan fingerprint density at radius 1 is 1.33 bits per heavy atom. The van der Waals surface area contributed by atoms with Crippen molar-refractivity contribution in [2.75, 3.05) is 13.4 Å². The summed E-state index contributed by atoms with van der Waals surface area (Å²) in [5, 5.41) is 9.19. The topological polar surface area (TPSA) is 77.8 Å². The number of benzene rings is 2. The third-order valence-corrected chi connectivity index (χ3v) is 4.54. The summed E-state index contributed by atoms with van der Waals surface area (Å²) in [7, 11) is 0. The van der Waals surface area contributed by atoms with Crippen LogP contribution in [0.15, 0.2) is 30.0 Å². The molecule has 2 aromatic carbocycles. The van der Waals surface area contributed by atoms with Gasteiger partial charge in [0.1, 0.15) is 23.3 Å². The van der Waals surface area contributed by atoms with Gasteiger partial charge in [0.15, 0.2) is 19.2 Å². The molecule has 0 aromatic heterocycles. The molecule has 2 aliphatic heterocycles. The molecule has 136 valence electrons. The van der Waals surface area contributed by atoms with Gasteiger partial charge in [-0.15, -0.1) is 0 Å². The number of fused-ring (bicyclic) bond motifs is 2. The molecular weight excluding hydrogens is 370 g/mol. The number of ketones is 1. The zero-order chi connectivity index (χ0) is 19.0. The maximum atomic E-state index is 12.7. The number of allylic oxidation sites excluding steroid dienone is 1. The Morgan fingerprint density at radius 2 is 2.19 bits per heavy atom. The van der Waals surface area contributed by atoms with Gasteiger partial charge in [-0.05, 0) is 37.3 Å². The van der Waals surface area contributed by atoms with E-state index in [0.29, 0.717) is 45.6 Å². The Hall–Kier alpha value is -3.01. The van der Waals surface area contributed by atoms with Gasteiger partial charge < -0.3 is 18.9 Å². The molecule has 2 aromatic rings. The molecule has 0 unspecified atom stereocenters. The van der Waals surface area contributed by atoms with Crippen LogP contribution in [0, 0.1) is 18.3 Å². The number of carbonyl (C=O) groups is 1. The summed E-state index contributed by atoms with van der Waals surface area (Å²) in [5.41, 5.74) is 2.57. The van der Waals surface area contributed by atoms with Crippen molar-refractivity contribution in [3.63, 3.8) is 0 Å². The molecule has 0 spiro atoms. The Balaban J connectivity index is 1.72. The number of ether oxygens (including phenoxy) is 4. The standard InChI is InChI=1S/C20H14ClNO5/c1-11-16(25-5-4-22)3-2-15-18(23)17(27-19(11)15)8-12-6-14(21)7-13-9-24-10-26-20(12)13/h2-3,6-8H,5,9-10H2,1H3/b17-8-. The van der Waals surface area contributed by atoms with Crippen LogP contribution in [0.25, 0.3) is 6.08 Å². The van der Waals surface area contributed by atoms with Crippen LogP contribution in [0.4, 0.5) is 0 Å². The maximum absolute atomic E-state index is 12.7. The number of hydrogen-bond donors (Lipinski definition) is 0. The fraction of sp³-hybridized carbons (Fsp3) is 0.200. The van der Waals surface area contributed by atoms with Crippen LogP contribution in [0.2, 0.25) is 5.02 Å². The van der Waals surface area contributed by atoms with E-state index in [0.717, 1.165) is 5.56 Å². The minimum Gasteiger partial charge on any atom is -0.478 e. The van der Waals surface area contributed by atoms with Gasteiger partial charge in [0.25, 0.3) is 0 Å². The van der Waals surface area contributed by atoms with Crippen LogP contribution in [0.5, 0.6) is 17.2 Å². The summed E-state index contributed by atoms with van der Waals surface area (Å²) in [4.78, 5) is 12.7. The molecule has 0 N–H and O–H groups in total. The molecule has 0 aliphatic carbocycles. The molecule has 0 amide bonds. The second-order valence-corrected chi connectivity index (χ2v) is 6.48. The zero-order valence-corrected chi connectivity index (χ0v) is 15.1. The molecule has 0 fully saturated rings. The number of rotatable bonds is 3. The average molecular weight is 384 g/mol. The third-order valence-electron chi connectivity index (χ3n) is 4.32. The fourth-order valence-corrected chi connectivity index (χ4v) is 3.34. The van der Waals surface area contributed by atoms with Gasteiger partial charge in [-0.25, -0.2) is 0 Å². The first-order valence-corrected chi connectivity index (χ1v) is 8.57. The Bertz CT molecular complexity index is 1020. The summed E-state index contributed by atoms with van der Waals surface area (Å²) in [6.45, 7) is 2.23. The van der Waals surface area contributed by atoms with E-state index in [1.54, 1.807) is 37.3 Å². The van der Waals surface area contributed by atoms with Gasteiger partial charge in [0, 0.05) is 21.7 Å². The number of hydrogen-bond acceptors (Lipinski definition) is 6. The largest absolute Gasteiger partial charge is 0.478 e. The Kier molecular flexibility index (Phi) is 4.48. The van der Waals surface area contributed by atoms with E-state index >= 15 is 0 Å². The van der Waals surface area contributed by atoms with Crippen molar-refractivity contribution < 1.29 is 23.7 Å². The van der Waals surface area contributed by atoms with Gasteiger partial charge in [-0.3, -0.25) is 4.79 Å². The Morgan fingerprint density at radius 3 is 3.00 bits per heavy atom. The Labute approximate surface area is 160 Å². The lowest BCUT2D eigenvalue weighted by Gasteiger charge is -2.20. The lowest BCUT2D eigenvalue weighted by molar-refractivity contribution is -0.0165. The van der Waals surface area contributed by atoms with Crippen molar-refractivity contribution in [2.24, 2.45) is 0 Å². The van der Waals surface area contributed by atoms with Crippen molar-refractivity contribution >= 4 is 23.5 Å². The summed E-state index contributed by atoms with van der Waals surface area (Å²) < 4.78 is 22.0. The highest BCUT2D eigenvalue weighted by molar-refractivity contribution is 6.31. The highest BCUT2D eigenvalue weighted by Gasteiger charge is 2.31. The highest BCUT2D eigenvalue weighted by atomic mass is 35.5. The van der Waals surface area contributed by atoms with Crippen molar-refractivity contribution in [2.45, 2.75) is 13.5 Å².